The number of allylic oxidation sites excluding steroid dienone is 1. The highest BCUT2D eigenvalue weighted by Crippen LogP contribution is 2.29. The molecular formula is C5H8N2. The molecule has 0 heterocycles. The Balaban J connectivity index is 2.17. The van der Waals surface area contributed by atoms with Crippen LogP contribution in [0.15, 0.2) is 17.4 Å². The molecule has 2 heteroatoms. The van der Waals surface area contributed by atoms with Crippen LogP contribution in [-0.2, 0) is 0 Å². The van der Waals surface area contributed by atoms with Crippen molar-refractivity contribution < 1.29 is 0 Å². The molecule has 0 aromatic carbocycles. The smallest absolute Gasteiger partial charge is 0.0451 e. The zero-order chi connectivity index (χ0) is 5.11. The second kappa shape index (κ2) is 1.87. The number of rotatable bonds is 2. The van der Waals surface area contributed by atoms with Gasteiger partial charge in [-0.1, -0.05) is 6.08 Å². The molecule has 1 aliphatic rings. The van der Waals surface area contributed by atoms with Gasteiger partial charge in [0.2, 0.25) is 0 Å². The molecule has 1 fully saturated rings. The van der Waals surface area contributed by atoms with Gasteiger partial charge in [-0.05, 0) is 18.8 Å². The number of hydrogen-bond donors (Lipinski definition) is 1. The van der Waals surface area contributed by atoms with Gasteiger partial charge in [-0.3, -0.25) is 0 Å². The molecule has 1 saturated carbocycles. The van der Waals surface area contributed by atoms with Crippen LogP contribution in [0.3, 0.4) is 0 Å². The summed E-state index contributed by atoms with van der Waals surface area (Å²) < 4.78 is 0. The topological polar surface area (TPSA) is 36.2 Å². The van der Waals surface area contributed by atoms with E-state index < -0.39 is 0 Å². The monoisotopic (exact) mass is 96.1 g/mol. The van der Waals surface area contributed by atoms with Gasteiger partial charge < -0.3 is 0 Å². The average Bonchev–Trinajstić information content (AvgIpc) is 2.42. The van der Waals surface area contributed by atoms with E-state index in [1.807, 2.05) is 6.08 Å². The van der Waals surface area contributed by atoms with Crippen molar-refractivity contribution in [2.75, 3.05) is 0 Å². The Hall–Kier alpha value is -0.660. The Bertz CT molecular complexity index is 92.3. The minimum Gasteiger partial charge on any atom is -0.205 e. The number of hydrogen-bond acceptors (Lipinski definition) is 2. The van der Waals surface area contributed by atoms with E-state index in [0.29, 0.717) is 0 Å². The quantitative estimate of drug-likeness (QED) is 0.510. The van der Waals surface area contributed by atoms with E-state index in [0.717, 1.165) is 5.92 Å². The fourth-order valence-corrected chi connectivity index (χ4v) is 0.453. The fraction of sp³-hybridized carbons (Fsp3) is 0.600. The van der Waals surface area contributed by atoms with E-state index in [9.17, 15) is 0 Å². The summed E-state index contributed by atoms with van der Waals surface area (Å²) in [7, 11) is 0. The van der Waals surface area contributed by atoms with Crippen LogP contribution in [0.5, 0.6) is 0 Å². The lowest BCUT2D eigenvalue weighted by Gasteiger charge is -1.70. The van der Waals surface area contributed by atoms with Gasteiger partial charge in [0.1, 0.15) is 0 Å². The Labute approximate surface area is 42.7 Å². The third kappa shape index (κ3) is 1.48. The van der Waals surface area contributed by atoms with Crippen LogP contribution in [0, 0.1) is 11.4 Å². The lowest BCUT2D eigenvalue weighted by Crippen LogP contribution is -1.56. The van der Waals surface area contributed by atoms with Crippen molar-refractivity contribution in [3.05, 3.63) is 12.3 Å². The Morgan fingerprint density at radius 2 is 2.29 bits per heavy atom. The number of nitrogens with zero attached hydrogens (tertiary/aromatic N) is 1. The lowest BCUT2D eigenvalue weighted by atomic mass is 10.4. The highest BCUT2D eigenvalue weighted by molar-refractivity contribution is 4.93. The Kier molecular flexibility index (Phi) is 1.20. The van der Waals surface area contributed by atoms with Crippen LogP contribution in [0.4, 0.5) is 0 Å². The summed E-state index contributed by atoms with van der Waals surface area (Å²) in [5.41, 5.74) is 6.36. The molecule has 0 radical (unpaired) electrons. The van der Waals surface area contributed by atoms with E-state index in [2.05, 4.69) is 5.11 Å². The first-order chi connectivity index (χ1) is 3.43. The molecule has 7 heavy (non-hydrogen) atoms. The predicted octanol–water partition coefficient (Wildman–Crippen LogP) is 1.94. The summed E-state index contributed by atoms with van der Waals surface area (Å²) >= 11 is 0. The number of nitrogens with one attached hydrogen (secondary N) is 1. The van der Waals surface area contributed by atoms with Crippen LogP contribution >= 0.6 is 0 Å². The molecule has 1 rings (SSSR count). The molecule has 38 valence electrons. The molecule has 2 nitrogen and oxygen atoms in total. The van der Waals surface area contributed by atoms with Gasteiger partial charge in [0, 0.05) is 6.20 Å². The Morgan fingerprint density at radius 3 is 2.71 bits per heavy atom. The molecule has 1 aliphatic carbocycles. The largest absolute Gasteiger partial charge is 0.205 e. The van der Waals surface area contributed by atoms with Crippen molar-refractivity contribution >= 4 is 0 Å². The van der Waals surface area contributed by atoms with E-state index >= 15 is 0 Å². The van der Waals surface area contributed by atoms with Crippen LogP contribution in [0.25, 0.3) is 0 Å². The SMILES string of the molecule is N=NC=CC1CC1. The summed E-state index contributed by atoms with van der Waals surface area (Å²) in [6, 6.07) is 0. The molecule has 0 amide bonds. The highest BCUT2D eigenvalue weighted by atomic mass is 14.9. The van der Waals surface area contributed by atoms with Gasteiger partial charge in [-0.25, -0.2) is 5.53 Å². The predicted molar refractivity (Wildman–Crippen MR) is 27.0 cm³/mol. The van der Waals surface area contributed by atoms with Gasteiger partial charge in [0.05, 0.1) is 0 Å². The normalized spacial score (nSPS) is 20.6. The maximum atomic E-state index is 6.36. The van der Waals surface area contributed by atoms with Crippen molar-refractivity contribution in [3.8, 4) is 0 Å². The van der Waals surface area contributed by atoms with Crippen LogP contribution < -0.4 is 0 Å². The molecule has 0 saturated heterocycles. The molecule has 1 N–H and O–H groups in total. The van der Waals surface area contributed by atoms with Gasteiger partial charge in [-0.15, -0.1) is 0 Å². The molecule has 0 unspecified atom stereocenters. The molecule has 0 atom stereocenters. The summed E-state index contributed by atoms with van der Waals surface area (Å²) in [5, 5.41) is 3.09. The molecule has 0 aromatic rings. The summed E-state index contributed by atoms with van der Waals surface area (Å²) in [4.78, 5) is 0. The second-order valence-corrected chi connectivity index (χ2v) is 1.81. The third-order valence-electron chi connectivity index (χ3n) is 1.05. The van der Waals surface area contributed by atoms with Crippen molar-refractivity contribution in [1.29, 1.82) is 5.53 Å². The standard InChI is InChI=1S/C5H8N2/c6-7-4-3-5-1-2-5/h3-6H,1-2H2. The van der Waals surface area contributed by atoms with Crippen molar-refractivity contribution in [2.45, 2.75) is 12.8 Å². The van der Waals surface area contributed by atoms with E-state index in [4.69, 9.17) is 5.53 Å². The van der Waals surface area contributed by atoms with Crippen LogP contribution in [-0.4, -0.2) is 0 Å². The Morgan fingerprint density at radius 1 is 1.57 bits per heavy atom. The van der Waals surface area contributed by atoms with Crippen molar-refractivity contribution in [3.63, 3.8) is 0 Å². The lowest BCUT2D eigenvalue weighted by molar-refractivity contribution is 1.07. The van der Waals surface area contributed by atoms with Crippen LogP contribution in [0.2, 0.25) is 0 Å². The summed E-state index contributed by atoms with van der Waals surface area (Å²) in [6.45, 7) is 0. The van der Waals surface area contributed by atoms with Crippen molar-refractivity contribution in [2.24, 2.45) is 11.0 Å². The molecule has 0 aliphatic heterocycles. The van der Waals surface area contributed by atoms with Gasteiger partial charge in [0.25, 0.3) is 0 Å². The molecule has 0 spiro atoms. The minimum absolute atomic E-state index is 0.758. The first-order valence-corrected chi connectivity index (χ1v) is 2.46. The average molecular weight is 96.1 g/mol. The van der Waals surface area contributed by atoms with E-state index in [-0.39, 0.29) is 0 Å². The van der Waals surface area contributed by atoms with Gasteiger partial charge >= 0.3 is 0 Å². The zero-order valence-electron chi connectivity index (χ0n) is 4.09. The summed E-state index contributed by atoms with van der Waals surface area (Å²) in [6.07, 6.45) is 6.13. The fourth-order valence-electron chi connectivity index (χ4n) is 0.453. The minimum atomic E-state index is 0.758. The first kappa shape index (κ1) is 4.50. The van der Waals surface area contributed by atoms with Crippen molar-refractivity contribution in [1.82, 2.24) is 0 Å². The van der Waals surface area contributed by atoms with E-state index in [1.165, 1.54) is 12.8 Å². The molecular weight excluding hydrogens is 88.1 g/mol. The highest BCUT2D eigenvalue weighted by Gasteiger charge is 2.16. The van der Waals surface area contributed by atoms with Gasteiger partial charge in [0.15, 0.2) is 0 Å². The van der Waals surface area contributed by atoms with Gasteiger partial charge in [-0.2, -0.15) is 5.11 Å². The second-order valence-electron chi connectivity index (χ2n) is 1.81. The van der Waals surface area contributed by atoms with Crippen LogP contribution in [0.1, 0.15) is 12.8 Å². The summed E-state index contributed by atoms with van der Waals surface area (Å²) in [5.74, 6) is 0.758. The maximum Gasteiger partial charge on any atom is 0.0451 e. The van der Waals surface area contributed by atoms with E-state index in [1.54, 1.807) is 6.20 Å². The third-order valence-corrected chi connectivity index (χ3v) is 1.05. The maximum absolute atomic E-state index is 6.36. The molecule has 0 bridgehead atoms. The zero-order valence-corrected chi connectivity index (χ0v) is 4.09. The first-order valence-electron chi connectivity index (χ1n) is 2.46. The molecule has 0 aromatic heterocycles.